The molecule has 1 saturated heterocycles. The number of nitrogens with one attached hydrogen (secondary N) is 2. The third-order valence-corrected chi connectivity index (χ3v) is 3.45. The van der Waals surface area contributed by atoms with Crippen LogP contribution in [0.25, 0.3) is 5.82 Å². The van der Waals surface area contributed by atoms with Gasteiger partial charge in [-0.1, -0.05) is 0 Å². The van der Waals surface area contributed by atoms with Crippen LogP contribution in [0.4, 0.5) is 10.6 Å². The number of carbonyl (C=O) groups excluding carboxylic acids is 2. The van der Waals surface area contributed by atoms with Crippen LogP contribution in [-0.2, 0) is 9.53 Å². The molecule has 2 N–H and O–H groups in total. The molecule has 0 bridgehead atoms. The normalized spacial score (nSPS) is 13.7. The minimum atomic E-state index is -0.443. The summed E-state index contributed by atoms with van der Waals surface area (Å²) in [6.45, 7) is 1.74. The molecular formula is C15H18N6O3. The van der Waals surface area contributed by atoms with E-state index in [2.05, 4.69) is 20.8 Å². The summed E-state index contributed by atoms with van der Waals surface area (Å²) >= 11 is 0. The number of anilines is 1. The molecule has 0 spiro atoms. The van der Waals surface area contributed by atoms with E-state index in [1.807, 2.05) is 41.2 Å². The number of hydrogen-bond acceptors (Lipinski definition) is 6. The largest absolute Gasteiger partial charge is 0.448 e. The molecule has 0 aliphatic carbocycles. The summed E-state index contributed by atoms with van der Waals surface area (Å²) < 4.78 is 6.63. The van der Waals surface area contributed by atoms with Crippen LogP contribution in [0.2, 0.25) is 0 Å². The maximum Gasteiger partial charge on any atom is 0.410 e. The van der Waals surface area contributed by atoms with Gasteiger partial charge in [0.05, 0.1) is 6.54 Å². The number of amides is 2. The number of rotatable bonds is 7. The lowest BCUT2D eigenvalue weighted by molar-refractivity contribution is -0.121. The maximum atomic E-state index is 11.7. The number of aromatic nitrogens is 3. The van der Waals surface area contributed by atoms with Gasteiger partial charge in [0.25, 0.3) is 0 Å². The Kier molecular flexibility index (Phi) is 4.90. The van der Waals surface area contributed by atoms with Crippen molar-refractivity contribution >= 4 is 17.8 Å². The lowest BCUT2D eigenvalue weighted by Gasteiger charge is -2.12. The predicted molar refractivity (Wildman–Crippen MR) is 85.8 cm³/mol. The van der Waals surface area contributed by atoms with Crippen molar-refractivity contribution in [2.75, 3.05) is 38.1 Å². The van der Waals surface area contributed by atoms with Gasteiger partial charge in [-0.15, -0.1) is 10.2 Å². The molecule has 24 heavy (non-hydrogen) atoms. The van der Waals surface area contributed by atoms with E-state index in [0.717, 1.165) is 5.82 Å². The van der Waals surface area contributed by atoms with Crippen molar-refractivity contribution in [2.24, 2.45) is 0 Å². The second kappa shape index (κ2) is 7.44. The summed E-state index contributed by atoms with van der Waals surface area (Å²) in [6, 6.07) is 7.51. The van der Waals surface area contributed by atoms with E-state index < -0.39 is 6.09 Å². The van der Waals surface area contributed by atoms with Gasteiger partial charge in [-0.3, -0.25) is 9.69 Å². The van der Waals surface area contributed by atoms with Crippen molar-refractivity contribution < 1.29 is 14.3 Å². The summed E-state index contributed by atoms with van der Waals surface area (Å²) in [4.78, 5) is 24.3. The predicted octanol–water partition coefficient (Wildman–Crippen LogP) is 0.248. The highest BCUT2D eigenvalue weighted by atomic mass is 16.6. The summed E-state index contributed by atoms with van der Waals surface area (Å²) in [7, 11) is 0. The van der Waals surface area contributed by atoms with Crippen LogP contribution in [-0.4, -0.2) is 64.5 Å². The van der Waals surface area contributed by atoms with E-state index in [0.29, 0.717) is 32.1 Å². The molecule has 0 radical (unpaired) electrons. The number of cyclic esters (lactones) is 1. The lowest BCUT2D eigenvalue weighted by atomic mass is 10.4. The molecule has 0 aromatic carbocycles. The van der Waals surface area contributed by atoms with Crippen molar-refractivity contribution in [3.8, 4) is 5.82 Å². The van der Waals surface area contributed by atoms with E-state index >= 15 is 0 Å². The average molecular weight is 330 g/mol. The Hall–Kier alpha value is -3.10. The molecule has 2 amide bonds. The maximum absolute atomic E-state index is 11.7. The van der Waals surface area contributed by atoms with Gasteiger partial charge >= 0.3 is 6.09 Å². The first-order valence-corrected chi connectivity index (χ1v) is 7.62. The van der Waals surface area contributed by atoms with Crippen LogP contribution in [0.1, 0.15) is 0 Å². The Morgan fingerprint density at radius 3 is 2.71 bits per heavy atom. The topological polar surface area (TPSA) is 101 Å². The molecular weight excluding hydrogens is 312 g/mol. The Bertz CT molecular complexity index is 686. The molecule has 0 saturated carbocycles. The van der Waals surface area contributed by atoms with Crippen molar-refractivity contribution in [3.63, 3.8) is 0 Å². The Balaban J connectivity index is 1.37. The molecule has 3 rings (SSSR count). The third-order valence-electron chi connectivity index (χ3n) is 3.45. The molecule has 0 atom stereocenters. The first-order valence-electron chi connectivity index (χ1n) is 7.62. The molecule has 2 aromatic rings. The van der Waals surface area contributed by atoms with E-state index in [1.165, 1.54) is 4.90 Å². The van der Waals surface area contributed by atoms with Crippen LogP contribution in [0.5, 0.6) is 0 Å². The molecule has 1 aliphatic rings. The summed E-state index contributed by atoms with van der Waals surface area (Å²) in [6.07, 6.45) is 3.34. The van der Waals surface area contributed by atoms with Crippen LogP contribution < -0.4 is 10.6 Å². The van der Waals surface area contributed by atoms with Gasteiger partial charge in [0, 0.05) is 25.5 Å². The molecule has 126 valence electrons. The molecule has 3 heterocycles. The van der Waals surface area contributed by atoms with Crippen molar-refractivity contribution in [1.29, 1.82) is 0 Å². The van der Waals surface area contributed by atoms with Crippen LogP contribution in [0.3, 0.4) is 0 Å². The van der Waals surface area contributed by atoms with Gasteiger partial charge in [-0.2, -0.15) is 0 Å². The molecule has 1 fully saturated rings. The smallest absolute Gasteiger partial charge is 0.410 e. The Morgan fingerprint density at radius 1 is 1.21 bits per heavy atom. The number of carbonyl (C=O) groups is 2. The minimum Gasteiger partial charge on any atom is -0.448 e. The van der Waals surface area contributed by atoms with Gasteiger partial charge in [0.15, 0.2) is 5.82 Å². The fourth-order valence-corrected chi connectivity index (χ4v) is 2.24. The number of ether oxygens (including phenoxy) is 1. The van der Waals surface area contributed by atoms with Crippen LogP contribution in [0, 0.1) is 0 Å². The van der Waals surface area contributed by atoms with Gasteiger partial charge in [-0.05, 0) is 24.3 Å². The SMILES string of the molecule is O=C(CN1CCOC1=O)NCCNc1ccc(-n2cccc2)nn1. The summed E-state index contributed by atoms with van der Waals surface area (Å²) in [5.74, 6) is 1.14. The average Bonchev–Trinajstić information content (AvgIpc) is 3.25. The van der Waals surface area contributed by atoms with E-state index in [9.17, 15) is 9.59 Å². The lowest BCUT2D eigenvalue weighted by Crippen LogP contribution is -2.39. The van der Waals surface area contributed by atoms with Gasteiger partial charge in [0.1, 0.15) is 19.0 Å². The van der Waals surface area contributed by atoms with Gasteiger partial charge < -0.3 is 19.9 Å². The second-order valence-corrected chi connectivity index (χ2v) is 5.18. The molecule has 2 aromatic heterocycles. The fourth-order valence-electron chi connectivity index (χ4n) is 2.24. The van der Waals surface area contributed by atoms with Gasteiger partial charge in [0.2, 0.25) is 5.91 Å². The molecule has 9 heteroatoms. The fraction of sp³-hybridized carbons (Fsp3) is 0.333. The first-order chi connectivity index (χ1) is 11.7. The van der Waals surface area contributed by atoms with E-state index in [4.69, 9.17) is 4.74 Å². The molecule has 0 unspecified atom stereocenters. The highest BCUT2D eigenvalue weighted by Gasteiger charge is 2.23. The quantitative estimate of drug-likeness (QED) is 0.706. The molecule has 9 nitrogen and oxygen atoms in total. The van der Waals surface area contributed by atoms with E-state index in [-0.39, 0.29) is 12.5 Å². The van der Waals surface area contributed by atoms with Crippen molar-refractivity contribution in [2.45, 2.75) is 0 Å². The summed E-state index contributed by atoms with van der Waals surface area (Å²) in [5, 5.41) is 14.0. The highest BCUT2D eigenvalue weighted by molar-refractivity contribution is 5.82. The number of nitrogens with zero attached hydrogens (tertiary/aromatic N) is 4. The highest BCUT2D eigenvalue weighted by Crippen LogP contribution is 2.06. The zero-order valence-electron chi connectivity index (χ0n) is 13.0. The minimum absolute atomic E-state index is 0.0181. The van der Waals surface area contributed by atoms with Gasteiger partial charge in [-0.25, -0.2) is 4.79 Å². The monoisotopic (exact) mass is 330 g/mol. The zero-order chi connectivity index (χ0) is 16.8. The van der Waals surface area contributed by atoms with Crippen LogP contribution >= 0.6 is 0 Å². The van der Waals surface area contributed by atoms with Crippen molar-refractivity contribution in [1.82, 2.24) is 25.0 Å². The van der Waals surface area contributed by atoms with Crippen molar-refractivity contribution in [3.05, 3.63) is 36.7 Å². The first kappa shape index (κ1) is 15.8. The Morgan fingerprint density at radius 2 is 2.04 bits per heavy atom. The van der Waals surface area contributed by atoms with E-state index in [1.54, 1.807) is 0 Å². The standard InChI is InChI=1S/C15H18N6O3/c22-14(11-21-9-10-24-15(21)23)17-6-5-16-12-3-4-13(19-18-12)20-7-1-2-8-20/h1-4,7-8H,5-6,9-11H2,(H,16,18)(H,17,22). The molecule has 1 aliphatic heterocycles. The Labute approximate surface area is 138 Å². The summed E-state index contributed by atoms with van der Waals surface area (Å²) in [5.41, 5.74) is 0. The third kappa shape index (κ3) is 4.00. The zero-order valence-corrected chi connectivity index (χ0v) is 13.0. The second-order valence-electron chi connectivity index (χ2n) is 5.18. The van der Waals surface area contributed by atoms with Crippen LogP contribution in [0.15, 0.2) is 36.7 Å². The number of hydrogen-bond donors (Lipinski definition) is 2.